The topological polar surface area (TPSA) is 51.2 Å². The SMILES string of the molecule is COc1cccc(-c2nc3ccccn3c2N=Nc2ccc(F)cc2)c1. The van der Waals surface area contributed by atoms with Crippen molar-refractivity contribution in [3.63, 3.8) is 0 Å². The van der Waals surface area contributed by atoms with Crippen LogP contribution in [-0.2, 0) is 0 Å². The summed E-state index contributed by atoms with van der Waals surface area (Å²) in [5.41, 5.74) is 2.90. The first-order chi connectivity index (χ1) is 12.7. The van der Waals surface area contributed by atoms with Gasteiger partial charge in [-0.25, -0.2) is 9.37 Å². The second-order valence-corrected chi connectivity index (χ2v) is 5.62. The third-order valence-electron chi connectivity index (χ3n) is 3.93. The Hall–Kier alpha value is -3.54. The minimum Gasteiger partial charge on any atom is -0.497 e. The van der Waals surface area contributed by atoms with Crippen LogP contribution in [0.4, 0.5) is 15.9 Å². The number of pyridine rings is 1. The van der Waals surface area contributed by atoms with Gasteiger partial charge in [0.1, 0.15) is 22.9 Å². The van der Waals surface area contributed by atoms with Gasteiger partial charge in [-0.05, 0) is 48.5 Å². The van der Waals surface area contributed by atoms with Crippen LogP contribution in [0.5, 0.6) is 5.75 Å². The van der Waals surface area contributed by atoms with Crippen LogP contribution >= 0.6 is 0 Å². The molecule has 2 heterocycles. The van der Waals surface area contributed by atoms with Gasteiger partial charge in [-0.3, -0.25) is 4.40 Å². The molecule has 26 heavy (non-hydrogen) atoms. The number of ether oxygens (including phenoxy) is 1. The molecule has 0 spiro atoms. The van der Waals surface area contributed by atoms with E-state index >= 15 is 0 Å². The monoisotopic (exact) mass is 346 g/mol. The molecule has 0 amide bonds. The lowest BCUT2D eigenvalue weighted by Crippen LogP contribution is -1.84. The van der Waals surface area contributed by atoms with Crippen molar-refractivity contribution in [2.75, 3.05) is 7.11 Å². The Morgan fingerprint density at radius 3 is 2.62 bits per heavy atom. The summed E-state index contributed by atoms with van der Waals surface area (Å²) in [6, 6.07) is 19.2. The van der Waals surface area contributed by atoms with E-state index in [0.717, 1.165) is 17.0 Å². The van der Waals surface area contributed by atoms with Crippen LogP contribution in [0.1, 0.15) is 0 Å². The van der Waals surface area contributed by atoms with E-state index in [9.17, 15) is 4.39 Å². The molecule has 0 saturated heterocycles. The second kappa shape index (κ2) is 6.76. The van der Waals surface area contributed by atoms with Gasteiger partial charge >= 0.3 is 0 Å². The number of hydrogen-bond donors (Lipinski definition) is 0. The van der Waals surface area contributed by atoms with Crippen LogP contribution in [-0.4, -0.2) is 16.5 Å². The third-order valence-corrected chi connectivity index (χ3v) is 3.93. The Morgan fingerprint density at radius 2 is 1.81 bits per heavy atom. The maximum Gasteiger partial charge on any atom is 0.187 e. The van der Waals surface area contributed by atoms with Gasteiger partial charge in [0.05, 0.1) is 12.8 Å². The highest BCUT2D eigenvalue weighted by atomic mass is 19.1. The molecule has 0 fully saturated rings. The van der Waals surface area contributed by atoms with Gasteiger partial charge in [0.2, 0.25) is 0 Å². The van der Waals surface area contributed by atoms with Crippen molar-refractivity contribution < 1.29 is 9.13 Å². The van der Waals surface area contributed by atoms with E-state index < -0.39 is 0 Å². The Morgan fingerprint density at radius 1 is 0.962 bits per heavy atom. The molecule has 0 radical (unpaired) electrons. The number of aromatic nitrogens is 2. The van der Waals surface area contributed by atoms with Gasteiger partial charge in [0.25, 0.3) is 0 Å². The molecule has 6 heteroatoms. The molecule has 128 valence electrons. The van der Waals surface area contributed by atoms with Crippen LogP contribution in [0.3, 0.4) is 0 Å². The van der Waals surface area contributed by atoms with Crippen LogP contribution in [0.2, 0.25) is 0 Å². The molecule has 0 aliphatic heterocycles. The largest absolute Gasteiger partial charge is 0.497 e. The van der Waals surface area contributed by atoms with E-state index in [1.807, 2.05) is 53.1 Å². The number of rotatable bonds is 4. The number of imidazole rings is 1. The van der Waals surface area contributed by atoms with Crippen LogP contribution < -0.4 is 4.74 Å². The van der Waals surface area contributed by atoms with Crippen LogP contribution in [0.15, 0.2) is 83.2 Å². The molecule has 0 N–H and O–H groups in total. The molecular formula is C20H15FN4O. The lowest BCUT2D eigenvalue weighted by molar-refractivity contribution is 0.415. The van der Waals surface area contributed by atoms with E-state index in [4.69, 9.17) is 4.74 Å². The lowest BCUT2D eigenvalue weighted by Gasteiger charge is -2.03. The van der Waals surface area contributed by atoms with Gasteiger partial charge in [-0.15, -0.1) is 10.2 Å². The predicted molar refractivity (Wildman–Crippen MR) is 97.8 cm³/mol. The Labute approximate surface area is 149 Å². The molecule has 0 atom stereocenters. The van der Waals surface area contributed by atoms with E-state index in [0.29, 0.717) is 17.2 Å². The molecule has 4 aromatic rings. The van der Waals surface area contributed by atoms with E-state index in [2.05, 4.69) is 15.2 Å². The minimum atomic E-state index is -0.309. The first-order valence-electron chi connectivity index (χ1n) is 8.03. The standard InChI is InChI=1S/C20H15FN4O/c1-26-17-6-4-5-14(13-17)19-20(25-12-3-2-7-18(25)22-19)24-23-16-10-8-15(21)9-11-16/h2-13H,1H3. The second-order valence-electron chi connectivity index (χ2n) is 5.62. The van der Waals surface area contributed by atoms with Crippen molar-refractivity contribution in [1.82, 2.24) is 9.38 Å². The molecule has 2 aromatic carbocycles. The first kappa shape index (κ1) is 16.0. The summed E-state index contributed by atoms with van der Waals surface area (Å²) in [4.78, 5) is 4.68. The zero-order chi connectivity index (χ0) is 17.9. The molecule has 5 nitrogen and oxygen atoms in total. The van der Waals surface area contributed by atoms with Gasteiger partial charge in [-0.2, -0.15) is 0 Å². The molecular weight excluding hydrogens is 331 g/mol. The van der Waals surface area contributed by atoms with Crippen LogP contribution in [0.25, 0.3) is 16.9 Å². The molecule has 4 rings (SSSR count). The Kier molecular flexibility index (Phi) is 4.15. The Bertz CT molecular complexity index is 1090. The number of methoxy groups -OCH3 is 1. The van der Waals surface area contributed by atoms with Crippen molar-refractivity contribution in [2.45, 2.75) is 0 Å². The third kappa shape index (κ3) is 3.04. The van der Waals surface area contributed by atoms with Crippen molar-refractivity contribution in [1.29, 1.82) is 0 Å². The smallest absolute Gasteiger partial charge is 0.187 e. The fraction of sp³-hybridized carbons (Fsp3) is 0.0500. The van der Waals surface area contributed by atoms with Gasteiger partial charge < -0.3 is 4.74 Å². The fourth-order valence-corrected chi connectivity index (χ4v) is 2.66. The van der Waals surface area contributed by atoms with Gasteiger partial charge in [-0.1, -0.05) is 18.2 Å². The molecule has 0 aliphatic carbocycles. The minimum absolute atomic E-state index is 0.309. The highest BCUT2D eigenvalue weighted by Gasteiger charge is 2.14. The zero-order valence-electron chi connectivity index (χ0n) is 14.0. The lowest BCUT2D eigenvalue weighted by atomic mass is 10.1. The van der Waals surface area contributed by atoms with Crippen molar-refractivity contribution >= 4 is 17.2 Å². The zero-order valence-corrected chi connectivity index (χ0v) is 14.0. The van der Waals surface area contributed by atoms with E-state index in [-0.39, 0.29) is 5.82 Å². The average molecular weight is 346 g/mol. The maximum absolute atomic E-state index is 13.1. The molecule has 0 bridgehead atoms. The summed E-state index contributed by atoms with van der Waals surface area (Å²) >= 11 is 0. The molecule has 2 aromatic heterocycles. The van der Waals surface area contributed by atoms with Crippen molar-refractivity contribution in [2.24, 2.45) is 10.2 Å². The number of hydrogen-bond acceptors (Lipinski definition) is 4. The summed E-state index contributed by atoms with van der Waals surface area (Å²) in [5, 5.41) is 8.62. The molecule has 0 saturated carbocycles. The average Bonchev–Trinajstić information content (AvgIpc) is 3.06. The van der Waals surface area contributed by atoms with Crippen LogP contribution in [0, 0.1) is 5.82 Å². The number of fused-ring (bicyclic) bond motifs is 1. The maximum atomic E-state index is 13.1. The first-order valence-corrected chi connectivity index (χ1v) is 8.03. The van der Waals surface area contributed by atoms with E-state index in [1.54, 1.807) is 19.2 Å². The number of halogens is 1. The highest BCUT2D eigenvalue weighted by molar-refractivity contribution is 5.75. The summed E-state index contributed by atoms with van der Waals surface area (Å²) in [5.74, 6) is 1.02. The quantitative estimate of drug-likeness (QED) is 0.454. The summed E-state index contributed by atoms with van der Waals surface area (Å²) < 4.78 is 20.2. The normalized spacial score (nSPS) is 11.3. The summed E-state index contributed by atoms with van der Waals surface area (Å²) in [7, 11) is 1.62. The predicted octanol–water partition coefficient (Wildman–Crippen LogP) is 5.56. The molecule has 0 unspecified atom stereocenters. The number of azo groups is 1. The molecule has 0 aliphatic rings. The number of nitrogens with zero attached hydrogens (tertiary/aromatic N) is 4. The van der Waals surface area contributed by atoms with Crippen molar-refractivity contribution in [3.8, 4) is 17.0 Å². The summed E-state index contributed by atoms with van der Waals surface area (Å²) in [6.45, 7) is 0. The van der Waals surface area contributed by atoms with E-state index in [1.165, 1.54) is 12.1 Å². The highest BCUT2D eigenvalue weighted by Crippen LogP contribution is 2.33. The van der Waals surface area contributed by atoms with Gasteiger partial charge in [0, 0.05) is 11.8 Å². The fourth-order valence-electron chi connectivity index (χ4n) is 2.66. The van der Waals surface area contributed by atoms with Crippen molar-refractivity contribution in [3.05, 3.63) is 78.7 Å². The van der Waals surface area contributed by atoms with Gasteiger partial charge in [0.15, 0.2) is 5.82 Å². The number of benzene rings is 2. The Balaban J connectivity index is 1.85. The summed E-state index contributed by atoms with van der Waals surface area (Å²) in [6.07, 6.45) is 1.88.